The summed E-state index contributed by atoms with van der Waals surface area (Å²) < 4.78 is 0. The Labute approximate surface area is 102 Å². The molecule has 1 rings (SSSR count). The number of nitrogens with one attached hydrogen (secondary N) is 1. The van der Waals surface area contributed by atoms with Gasteiger partial charge < -0.3 is 15.3 Å². The molecule has 4 nitrogen and oxygen atoms in total. The summed E-state index contributed by atoms with van der Waals surface area (Å²) in [4.78, 5) is 12.9. The monoisotopic (exact) mass is 236 g/mol. The van der Waals surface area contributed by atoms with Crippen LogP contribution in [0.2, 0.25) is 0 Å². The van der Waals surface area contributed by atoms with Crippen molar-refractivity contribution in [1.82, 2.24) is 10.2 Å². The Morgan fingerprint density at radius 2 is 1.94 bits per heavy atom. The Morgan fingerprint density at radius 3 is 2.47 bits per heavy atom. The second-order valence-electron chi connectivity index (χ2n) is 4.53. The van der Waals surface area contributed by atoms with Gasteiger partial charge in [-0.05, 0) is 12.5 Å². The predicted octanol–water partition coefficient (Wildman–Crippen LogP) is 0.572. The Balaban J connectivity index is 2.48. The van der Waals surface area contributed by atoms with Crippen LogP contribution in [0.25, 0.3) is 0 Å². The molecule has 0 fully saturated rings. The lowest BCUT2D eigenvalue weighted by Crippen LogP contribution is -2.40. The number of likely N-dealkylation sites (N-methyl/N-ethyl adjacent to an activating group) is 1. The third-order valence-corrected chi connectivity index (χ3v) is 2.64. The lowest BCUT2D eigenvalue weighted by atomic mass is 9.96. The molecule has 94 valence electrons. The summed E-state index contributed by atoms with van der Waals surface area (Å²) >= 11 is 0. The van der Waals surface area contributed by atoms with Gasteiger partial charge in [0.1, 0.15) is 0 Å². The van der Waals surface area contributed by atoms with Crippen LogP contribution in [0.5, 0.6) is 0 Å². The van der Waals surface area contributed by atoms with Gasteiger partial charge in [0.05, 0.1) is 12.1 Å². The maximum Gasteiger partial charge on any atom is 0.236 e. The van der Waals surface area contributed by atoms with Crippen molar-refractivity contribution in [2.75, 3.05) is 27.2 Å². The molecule has 2 N–H and O–H groups in total. The first-order valence-corrected chi connectivity index (χ1v) is 5.62. The Kier molecular flexibility index (Phi) is 4.66. The Bertz CT molecular complexity index is 361. The molecular weight excluding hydrogens is 216 g/mol. The first kappa shape index (κ1) is 13.7. The normalized spacial score (nSPS) is 14.1. The fourth-order valence-corrected chi connectivity index (χ4v) is 1.47. The van der Waals surface area contributed by atoms with E-state index in [1.807, 2.05) is 30.3 Å². The molecule has 0 saturated heterocycles. The smallest absolute Gasteiger partial charge is 0.236 e. The van der Waals surface area contributed by atoms with E-state index >= 15 is 0 Å². The van der Waals surface area contributed by atoms with Crippen molar-refractivity contribution in [3.8, 4) is 0 Å². The number of benzene rings is 1. The summed E-state index contributed by atoms with van der Waals surface area (Å²) in [7, 11) is 3.42. The second-order valence-corrected chi connectivity index (χ2v) is 4.53. The summed E-state index contributed by atoms with van der Waals surface area (Å²) in [6.07, 6.45) is 0. The van der Waals surface area contributed by atoms with Crippen LogP contribution in [0.15, 0.2) is 30.3 Å². The van der Waals surface area contributed by atoms with Crippen molar-refractivity contribution in [1.29, 1.82) is 0 Å². The van der Waals surface area contributed by atoms with Crippen molar-refractivity contribution in [3.05, 3.63) is 35.9 Å². The molecule has 0 aliphatic heterocycles. The van der Waals surface area contributed by atoms with E-state index in [0.717, 1.165) is 5.56 Å². The number of nitrogens with zero attached hydrogens (tertiary/aromatic N) is 1. The number of hydrogen-bond donors (Lipinski definition) is 2. The number of rotatable bonds is 5. The van der Waals surface area contributed by atoms with E-state index < -0.39 is 5.60 Å². The van der Waals surface area contributed by atoms with Gasteiger partial charge in [0.25, 0.3) is 0 Å². The van der Waals surface area contributed by atoms with Crippen LogP contribution in [0.1, 0.15) is 12.5 Å². The van der Waals surface area contributed by atoms with E-state index in [1.54, 1.807) is 21.0 Å². The molecule has 0 radical (unpaired) electrons. The predicted molar refractivity (Wildman–Crippen MR) is 67.6 cm³/mol. The van der Waals surface area contributed by atoms with Crippen molar-refractivity contribution < 1.29 is 9.90 Å². The molecule has 0 spiro atoms. The maximum absolute atomic E-state index is 11.3. The van der Waals surface area contributed by atoms with Gasteiger partial charge in [-0.3, -0.25) is 4.79 Å². The van der Waals surface area contributed by atoms with Crippen LogP contribution in [0.3, 0.4) is 0 Å². The first-order valence-electron chi connectivity index (χ1n) is 5.62. The van der Waals surface area contributed by atoms with E-state index in [1.165, 1.54) is 4.90 Å². The molecular formula is C13H20N2O2. The van der Waals surface area contributed by atoms with E-state index in [4.69, 9.17) is 0 Å². The number of amides is 1. The summed E-state index contributed by atoms with van der Waals surface area (Å²) in [6.45, 7) is 2.31. The standard InChI is InChI=1S/C13H20N2O2/c1-13(17,11-7-5-4-6-8-11)10-14-9-12(16)15(2)3/h4-8,14,17H,9-10H2,1-3H3. The molecule has 0 aliphatic carbocycles. The topological polar surface area (TPSA) is 52.6 Å². The molecule has 0 saturated carbocycles. The summed E-state index contributed by atoms with van der Waals surface area (Å²) in [5.41, 5.74) is -0.127. The molecule has 0 heterocycles. The lowest BCUT2D eigenvalue weighted by Gasteiger charge is -2.24. The van der Waals surface area contributed by atoms with Crippen LogP contribution in [-0.2, 0) is 10.4 Å². The van der Waals surface area contributed by atoms with Crippen LogP contribution < -0.4 is 5.32 Å². The number of carbonyl (C=O) groups is 1. The maximum atomic E-state index is 11.3. The number of hydrogen-bond acceptors (Lipinski definition) is 3. The van der Waals surface area contributed by atoms with Gasteiger partial charge in [0.15, 0.2) is 0 Å². The quantitative estimate of drug-likeness (QED) is 0.786. The van der Waals surface area contributed by atoms with Crippen molar-refractivity contribution in [3.63, 3.8) is 0 Å². The highest BCUT2D eigenvalue weighted by Crippen LogP contribution is 2.18. The van der Waals surface area contributed by atoms with Crippen molar-refractivity contribution >= 4 is 5.91 Å². The molecule has 1 atom stereocenters. The summed E-state index contributed by atoms with van der Waals surface area (Å²) in [5.74, 6) is -0.00568. The molecule has 17 heavy (non-hydrogen) atoms. The van der Waals surface area contributed by atoms with Crippen molar-refractivity contribution in [2.24, 2.45) is 0 Å². The largest absolute Gasteiger partial charge is 0.384 e. The third-order valence-electron chi connectivity index (χ3n) is 2.64. The van der Waals surface area contributed by atoms with E-state index in [2.05, 4.69) is 5.32 Å². The fourth-order valence-electron chi connectivity index (χ4n) is 1.47. The molecule has 0 aromatic heterocycles. The zero-order valence-electron chi connectivity index (χ0n) is 10.6. The van der Waals surface area contributed by atoms with E-state index in [-0.39, 0.29) is 12.5 Å². The van der Waals surface area contributed by atoms with Gasteiger partial charge in [-0.1, -0.05) is 30.3 Å². The van der Waals surface area contributed by atoms with Gasteiger partial charge in [-0.25, -0.2) is 0 Å². The lowest BCUT2D eigenvalue weighted by molar-refractivity contribution is -0.127. The average molecular weight is 236 g/mol. The molecule has 0 bridgehead atoms. The minimum absolute atomic E-state index is 0.00568. The highest BCUT2D eigenvalue weighted by molar-refractivity contribution is 5.77. The van der Waals surface area contributed by atoms with Gasteiger partial charge in [-0.2, -0.15) is 0 Å². The van der Waals surface area contributed by atoms with Crippen LogP contribution >= 0.6 is 0 Å². The molecule has 4 heteroatoms. The van der Waals surface area contributed by atoms with Crippen LogP contribution in [-0.4, -0.2) is 43.1 Å². The minimum atomic E-state index is -0.964. The fraction of sp³-hybridized carbons (Fsp3) is 0.462. The van der Waals surface area contributed by atoms with Crippen LogP contribution in [0.4, 0.5) is 0 Å². The molecule has 1 unspecified atom stereocenters. The van der Waals surface area contributed by atoms with Gasteiger partial charge in [-0.15, -0.1) is 0 Å². The highest BCUT2D eigenvalue weighted by Gasteiger charge is 2.22. The molecule has 0 aliphatic rings. The average Bonchev–Trinajstić information content (AvgIpc) is 2.29. The Hall–Kier alpha value is -1.39. The summed E-state index contributed by atoms with van der Waals surface area (Å²) in [5, 5.41) is 13.2. The van der Waals surface area contributed by atoms with Crippen LogP contribution in [0, 0.1) is 0 Å². The zero-order chi connectivity index (χ0) is 12.9. The Morgan fingerprint density at radius 1 is 1.35 bits per heavy atom. The summed E-state index contributed by atoms with van der Waals surface area (Å²) in [6, 6.07) is 9.41. The molecule has 1 aromatic carbocycles. The van der Waals surface area contributed by atoms with Gasteiger partial charge in [0, 0.05) is 20.6 Å². The second kappa shape index (κ2) is 5.80. The number of aliphatic hydroxyl groups is 1. The van der Waals surface area contributed by atoms with Crippen molar-refractivity contribution in [2.45, 2.75) is 12.5 Å². The minimum Gasteiger partial charge on any atom is -0.384 e. The molecule has 1 aromatic rings. The SMILES string of the molecule is CN(C)C(=O)CNCC(C)(O)c1ccccc1. The van der Waals surface area contributed by atoms with Gasteiger partial charge >= 0.3 is 0 Å². The number of carbonyl (C=O) groups excluding carboxylic acids is 1. The third kappa shape index (κ3) is 4.17. The first-order chi connectivity index (χ1) is 7.93. The van der Waals surface area contributed by atoms with E-state index in [0.29, 0.717) is 6.54 Å². The highest BCUT2D eigenvalue weighted by atomic mass is 16.3. The van der Waals surface area contributed by atoms with E-state index in [9.17, 15) is 9.90 Å². The zero-order valence-corrected chi connectivity index (χ0v) is 10.6. The van der Waals surface area contributed by atoms with Gasteiger partial charge in [0.2, 0.25) is 5.91 Å². The molecule has 1 amide bonds.